The zero-order chi connectivity index (χ0) is 17.7. The molecule has 1 heterocycles. The van der Waals surface area contributed by atoms with Crippen LogP contribution in [0.25, 0.3) is 0 Å². The van der Waals surface area contributed by atoms with E-state index in [1.807, 2.05) is 13.0 Å². The highest BCUT2D eigenvalue weighted by Gasteiger charge is 2.25. The van der Waals surface area contributed by atoms with Gasteiger partial charge in [0, 0.05) is 32.2 Å². The Hall–Kier alpha value is -2.08. The van der Waals surface area contributed by atoms with Crippen LogP contribution >= 0.6 is 0 Å². The van der Waals surface area contributed by atoms with Crippen LogP contribution in [0.3, 0.4) is 0 Å². The molecule has 1 aromatic carbocycles. The number of anilines is 1. The van der Waals surface area contributed by atoms with Crippen LogP contribution in [0, 0.1) is 6.92 Å². The van der Waals surface area contributed by atoms with Gasteiger partial charge in [0.1, 0.15) is 5.75 Å². The van der Waals surface area contributed by atoms with Crippen LogP contribution in [0.4, 0.5) is 5.69 Å². The molecule has 1 aliphatic rings. The van der Waals surface area contributed by atoms with Crippen molar-refractivity contribution in [3.63, 3.8) is 0 Å². The van der Waals surface area contributed by atoms with Crippen molar-refractivity contribution < 1.29 is 14.3 Å². The Morgan fingerprint density at radius 3 is 2.58 bits per heavy atom. The number of amides is 2. The molecule has 1 N–H and O–H groups in total. The Morgan fingerprint density at radius 1 is 1.17 bits per heavy atom. The third kappa shape index (κ3) is 4.47. The number of carbonyl (C=O) groups excluding carboxylic acids is 2. The second kappa shape index (κ2) is 8.15. The van der Waals surface area contributed by atoms with E-state index in [-0.39, 0.29) is 0 Å². The fraction of sp³-hybridized carbons (Fsp3) is 0.556. The van der Waals surface area contributed by atoms with Crippen LogP contribution in [0.1, 0.15) is 25.8 Å². The number of ether oxygens (including phenoxy) is 1. The normalized spacial score (nSPS) is 16.0. The number of carbonyl (C=O) groups is 2. The molecule has 132 valence electrons. The summed E-state index contributed by atoms with van der Waals surface area (Å²) in [6.45, 7) is 9.16. The number of hydrogen-bond donors (Lipinski definition) is 1. The molecule has 1 aliphatic heterocycles. The lowest BCUT2D eigenvalue weighted by Gasteiger charge is -2.24. The first-order valence-corrected chi connectivity index (χ1v) is 8.41. The molecule has 24 heavy (non-hydrogen) atoms. The van der Waals surface area contributed by atoms with Crippen LogP contribution in [-0.4, -0.2) is 60.9 Å². The van der Waals surface area contributed by atoms with Gasteiger partial charge >= 0.3 is 11.8 Å². The first-order chi connectivity index (χ1) is 11.4. The van der Waals surface area contributed by atoms with Gasteiger partial charge in [-0.2, -0.15) is 0 Å². The molecule has 6 nitrogen and oxygen atoms in total. The SMILES string of the molecule is COc1ccc(C)cc1NC(=O)C(=O)N1CCCN(C(C)C)CC1. The van der Waals surface area contributed by atoms with Crippen molar-refractivity contribution in [3.8, 4) is 5.75 Å². The predicted molar refractivity (Wildman–Crippen MR) is 94.3 cm³/mol. The molecule has 0 saturated carbocycles. The fourth-order valence-corrected chi connectivity index (χ4v) is 2.90. The van der Waals surface area contributed by atoms with Crippen molar-refractivity contribution in [1.29, 1.82) is 0 Å². The summed E-state index contributed by atoms with van der Waals surface area (Å²) in [7, 11) is 1.54. The number of hydrogen-bond acceptors (Lipinski definition) is 4. The summed E-state index contributed by atoms with van der Waals surface area (Å²) in [6.07, 6.45) is 0.880. The lowest BCUT2D eigenvalue weighted by molar-refractivity contribution is -0.143. The van der Waals surface area contributed by atoms with Gasteiger partial charge in [0.15, 0.2) is 0 Å². The first-order valence-electron chi connectivity index (χ1n) is 8.41. The van der Waals surface area contributed by atoms with Crippen LogP contribution in [0.2, 0.25) is 0 Å². The molecule has 1 fully saturated rings. The molecule has 0 aromatic heterocycles. The van der Waals surface area contributed by atoms with Gasteiger partial charge in [-0.05, 0) is 44.9 Å². The minimum Gasteiger partial charge on any atom is -0.495 e. The molecule has 1 saturated heterocycles. The van der Waals surface area contributed by atoms with Crippen LogP contribution in [0.5, 0.6) is 5.75 Å². The summed E-state index contributed by atoms with van der Waals surface area (Å²) in [5.74, 6) is -0.551. The highest BCUT2D eigenvalue weighted by Crippen LogP contribution is 2.25. The Kier molecular flexibility index (Phi) is 6.20. The maximum atomic E-state index is 12.5. The van der Waals surface area contributed by atoms with Gasteiger partial charge in [-0.25, -0.2) is 0 Å². The Bertz CT molecular complexity index is 601. The molecule has 6 heteroatoms. The summed E-state index contributed by atoms with van der Waals surface area (Å²) >= 11 is 0. The lowest BCUT2D eigenvalue weighted by atomic mass is 10.2. The van der Waals surface area contributed by atoms with E-state index < -0.39 is 11.8 Å². The number of rotatable bonds is 3. The third-order valence-electron chi connectivity index (χ3n) is 4.35. The van der Waals surface area contributed by atoms with Gasteiger partial charge < -0.3 is 15.0 Å². The number of nitrogens with one attached hydrogen (secondary N) is 1. The number of methoxy groups -OCH3 is 1. The average molecular weight is 333 g/mol. The van der Waals surface area contributed by atoms with Gasteiger partial charge in [-0.3, -0.25) is 14.5 Å². The average Bonchev–Trinajstić information content (AvgIpc) is 2.80. The highest BCUT2D eigenvalue weighted by molar-refractivity contribution is 6.39. The summed E-state index contributed by atoms with van der Waals surface area (Å²) in [6, 6.07) is 5.92. The van der Waals surface area contributed by atoms with Gasteiger partial charge in [0.05, 0.1) is 12.8 Å². The van der Waals surface area contributed by atoms with Gasteiger partial charge in [-0.1, -0.05) is 6.07 Å². The Morgan fingerprint density at radius 2 is 1.92 bits per heavy atom. The fourth-order valence-electron chi connectivity index (χ4n) is 2.90. The zero-order valence-electron chi connectivity index (χ0n) is 15.0. The van der Waals surface area contributed by atoms with E-state index >= 15 is 0 Å². The van der Waals surface area contributed by atoms with Crippen molar-refractivity contribution in [3.05, 3.63) is 23.8 Å². The lowest BCUT2D eigenvalue weighted by Crippen LogP contribution is -2.42. The summed E-state index contributed by atoms with van der Waals surface area (Å²) < 4.78 is 5.24. The third-order valence-corrected chi connectivity index (χ3v) is 4.35. The molecular formula is C18H27N3O3. The molecule has 0 aliphatic carbocycles. The highest BCUT2D eigenvalue weighted by atomic mass is 16.5. The van der Waals surface area contributed by atoms with E-state index in [1.54, 1.807) is 17.0 Å². The van der Waals surface area contributed by atoms with Crippen molar-refractivity contribution >= 4 is 17.5 Å². The van der Waals surface area contributed by atoms with Gasteiger partial charge in [0.2, 0.25) is 0 Å². The zero-order valence-corrected chi connectivity index (χ0v) is 15.0. The summed E-state index contributed by atoms with van der Waals surface area (Å²) in [5.41, 5.74) is 1.51. The monoisotopic (exact) mass is 333 g/mol. The largest absolute Gasteiger partial charge is 0.495 e. The molecule has 2 rings (SSSR count). The molecular weight excluding hydrogens is 306 g/mol. The van der Waals surface area contributed by atoms with E-state index in [4.69, 9.17) is 4.74 Å². The van der Waals surface area contributed by atoms with Crippen molar-refractivity contribution in [2.75, 3.05) is 38.6 Å². The summed E-state index contributed by atoms with van der Waals surface area (Å²) in [5, 5.41) is 2.68. The maximum absolute atomic E-state index is 12.5. The first kappa shape index (κ1) is 18.3. The van der Waals surface area contributed by atoms with Gasteiger partial charge in [-0.15, -0.1) is 0 Å². The minimum atomic E-state index is -0.614. The second-order valence-electron chi connectivity index (χ2n) is 6.43. The summed E-state index contributed by atoms with van der Waals surface area (Å²) in [4.78, 5) is 28.8. The van der Waals surface area contributed by atoms with E-state index in [0.717, 1.165) is 25.1 Å². The molecule has 0 atom stereocenters. The van der Waals surface area contributed by atoms with E-state index in [0.29, 0.717) is 30.6 Å². The van der Waals surface area contributed by atoms with E-state index in [1.165, 1.54) is 7.11 Å². The molecule has 0 unspecified atom stereocenters. The molecule has 0 spiro atoms. The maximum Gasteiger partial charge on any atom is 0.314 e. The number of benzene rings is 1. The van der Waals surface area contributed by atoms with Crippen LogP contribution in [0.15, 0.2) is 18.2 Å². The number of nitrogens with zero attached hydrogens (tertiary/aromatic N) is 2. The molecule has 2 amide bonds. The van der Waals surface area contributed by atoms with Crippen molar-refractivity contribution in [2.45, 2.75) is 33.2 Å². The second-order valence-corrected chi connectivity index (χ2v) is 6.43. The van der Waals surface area contributed by atoms with Gasteiger partial charge in [0.25, 0.3) is 0 Å². The standard InChI is InChI=1S/C18H27N3O3/c1-13(2)20-8-5-9-21(11-10-20)18(23)17(22)19-15-12-14(3)6-7-16(15)24-4/h6-7,12-13H,5,8-11H2,1-4H3,(H,19,22). The Labute approximate surface area is 143 Å². The van der Waals surface area contributed by atoms with Crippen molar-refractivity contribution in [1.82, 2.24) is 9.80 Å². The number of aryl methyl sites for hydroxylation is 1. The van der Waals surface area contributed by atoms with Crippen LogP contribution < -0.4 is 10.1 Å². The Balaban J connectivity index is 2.02. The van der Waals surface area contributed by atoms with Crippen LogP contribution in [-0.2, 0) is 9.59 Å². The molecule has 0 bridgehead atoms. The van der Waals surface area contributed by atoms with E-state index in [2.05, 4.69) is 24.1 Å². The predicted octanol–water partition coefficient (Wildman–Crippen LogP) is 1.88. The minimum absolute atomic E-state index is 0.449. The van der Waals surface area contributed by atoms with Crippen molar-refractivity contribution in [2.24, 2.45) is 0 Å². The topological polar surface area (TPSA) is 61.9 Å². The molecule has 0 radical (unpaired) electrons. The molecule has 1 aromatic rings. The quantitative estimate of drug-likeness (QED) is 0.858. The van der Waals surface area contributed by atoms with E-state index in [9.17, 15) is 9.59 Å². The smallest absolute Gasteiger partial charge is 0.314 e.